The van der Waals surface area contributed by atoms with E-state index in [-0.39, 0.29) is 11.3 Å². The highest BCUT2D eigenvalue weighted by Crippen LogP contribution is 2.14. The van der Waals surface area contributed by atoms with E-state index in [9.17, 15) is 4.79 Å². The van der Waals surface area contributed by atoms with Gasteiger partial charge in [-0.15, -0.1) is 6.58 Å². The van der Waals surface area contributed by atoms with Crippen molar-refractivity contribution in [2.75, 3.05) is 14.1 Å². The van der Waals surface area contributed by atoms with E-state index in [2.05, 4.69) is 6.58 Å². The number of carbonyl (C=O) groups excluding carboxylic acids is 1. The SMILES string of the molecule is C=CCCC(=O)C(C)(C)N(C)C. The number of ketones is 1. The number of carbonyl (C=O) groups is 1. The van der Waals surface area contributed by atoms with E-state index in [1.165, 1.54) is 0 Å². The fraction of sp³-hybridized carbons (Fsp3) is 0.700. The van der Waals surface area contributed by atoms with Crippen LogP contribution >= 0.6 is 0 Å². The molecule has 70 valence electrons. The van der Waals surface area contributed by atoms with Crippen LogP contribution in [0, 0.1) is 0 Å². The van der Waals surface area contributed by atoms with E-state index in [0.29, 0.717) is 6.42 Å². The summed E-state index contributed by atoms with van der Waals surface area (Å²) in [6.45, 7) is 7.48. The van der Waals surface area contributed by atoms with Gasteiger partial charge in [-0.25, -0.2) is 0 Å². The molecular weight excluding hydrogens is 150 g/mol. The van der Waals surface area contributed by atoms with Crippen molar-refractivity contribution in [2.45, 2.75) is 32.2 Å². The molecule has 0 atom stereocenters. The van der Waals surface area contributed by atoms with Crippen LogP contribution in [0.25, 0.3) is 0 Å². The van der Waals surface area contributed by atoms with Crippen LogP contribution in [0.3, 0.4) is 0 Å². The number of allylic oxidation sites excluding steroid dienone is 1. The molecule has 0 aromatic heterocycles. The molecule has 0 saturated carbocycles. The van der Waals surface area contributed by atoms with Crippen molar-refractivity contribution in [1.29, 1.82) is 0 Å². The number of likely N-dealkylation sites (N-methyl/N-ethyl adjacent to an activating group) is 1. The van der Waals surface area contributed by atoms with Gasteiger partial charge in [0.2, 0.25) is 0 Å². The van der Waals surface area contributed by atoms with Gasteiger partial charge in [-0.3, -0.25) is 9.69 Å². The minimum Gasteiger partial charge on any atom is -0.298 e. The lowest BCUT2D eigenvalue weighted by molar-refractivity contribution is -0.127. The Kier molecular flexibility index (Phi) is 4.18. The zero-order chi connectivity index (χ0) is 9.78. The largest absolute Gasteiger partial charge is 0.298 e. The summed E-state index contributed by atoms with van der Waals surface area (Å²) in [5.41, 5.74) is -0.344. The van der Waals surface area contributed by atoms with Gasteiger partial charge < -0.3 is 0 Å². The third-order valence-electron chi connectivity index (χ3n) is 2.38. The van der Waals surface area contributed by atoms with Crippen molar-refractivity contribution in [3.05, 3.63) is 12.7 Å². The van der Waals surface area contributed by atoms with Crippen molar-refractivity contribution < 1.29 is 4.79 Å². The Hall–Kier alpha value is -0.630. The summed E-state index contributed by atoms with van der Waals surface area (Å²) in [4.78, 5) is 13.5. The molecule has 0 amide bonds. The van der Waals surface area contributed by atoms with Gasteiger partial charge in [-0.05, 0) is 34.4 Å². The number of rotatable bonds is 5. The third kappa shape index (κ3) is 2.78. The summed E-state index contributed by atoms with van der Waals surface area (Å²) in [5.74, 6) is 0.271. The fourth-order valence-corrected chi connectivity index (χ4v) is 0.788. The van der Waals surface area contributed by atoms with Crippen molar-refractivity contribution in [1.82, 2.24) is 4.90 Å². The summed E-state index contributed by atoms with van der Waals surface area (Å²) in [6.07, 6.45) is 3.15. The molecule has 2 heteroatoms. The van der Waals surface area contributed by atoms with Crippen LogP contribution in [0.1, 0.15) is 26.7 Å². The smallest absolute Gasteiger partial charge is 0.152 e. The molecule has 0 aliphatic heterocycles. The zero-order valence-corrected chi connectivity index (χ0v) is 8.55. The molecule has 0 spiro atoms. The molecule has 0 aromatic rings. The second-order valence-corrected chi connectivity index (χ2v) is 3.70. The lowest BCUT2D eigenvalue weighted by atomic mass is 9.94. The number of Topliss-reactive ketones (excluding diaryl/α,β-unsaturated/α-hetero) is 1. The lowest BCUT2D eigenvalue weighted by Gasteiger charge is -2.30. The Morgan fingerprint density at radius 1 is 1.50 bits per heavy atom. The van der Waals surface area contributed by atoms with Gasteiger partial charge in [0.25, 0.3) is 0 Å². The number of hydrogen-bond acceptors (Lipinski definition) is 2. The molecule has 0 fully saturated rings. The summed E-state index contributed by atoms with van der Waals surface area (Å²) in [7, 11) is 3.84. The Morgan fingerprint density at radius 2 is 2.00 bits per heavy atom. The number of hydrogen-bond donors (Lipinski definition) is 0. The topological polar surface area (TPSA) is 20.3 Å². The van der Waals surface area contributed by atoms with Crippen LogP contribution in [0.4, 0.5) is 0 Å². The summed E-state index contributed by atoms with van der Waals surface area (Å²) in [5, 5.41) is 0. The average molecular weight is 169 g/mol. The van der Waals surface area contributed by atoms with Crippen molar-refractivity contribution >= 4 is 5.78 Å². The van der Waals surface area contributed by atoms with Crippen molar-refractivity contribution in [3.8, 4) is 0 Å². The highest BCUT2D eigenvalue weighted by Gasteiger charge is 2.28. The van der Waals surface area contributed by atoms with Crippen LogP contribution in [-0.2, 0) is 4.79 Å². The minimum absolute atomic E-state index is 0.271. The Balaban J connectivity index is 4.15. The first kappa shape index (κ1) is 11.4. The van der Waals surface area contributed by atoms with Crippen LogP contribution in [-0.4, -0.2) is 30.3 Å². The predicted molar refractivity (Wildman–Crippen MR) is 52.2 cm³/mol. The van der Waals surface area contributed by atoms with E-state index < -0.39 is 0 Å². The first-order valence-electron chi connectivity index (χ1n) is 4.24. The normalized spacial score (nSPS) is 11.8. The van der Waals surface area contributed by atoms with Gasteiger partial charge in [0.1, 0.15) is 0 Å². The molecule has 0 aliphatic carbocycles. The van der Waals surface area contributed by atoms with E-state index in [4.69, 9.17) is 0 Å². The molecule has 0 aromatic carbocycles. The molecule has 0 bridgehead atoms. The van der Waals surface area contributed by atoms with E-state index >= 15 is 0 Å². The molecule has 0 aliphatic rings. The van der Waals surface area contributed by atoms with E-state index in [1.54, 1.807) is 6.08 Å². The standard InChI is InChI=1S/C10H19NO/c1-6-7-8-9(12)10(2,3)11(4)5/h6H,1,7-8H2,2-5H3. The summed E-state index contributed by atoms with van der Waals surface area (Å²) < 4.78 is 0. The maximum atomic E-state index is 11.6. The van der Waals surface area contributed by atoms with Gasteiger partial charge in [-0.1, -0.05) is 6.08 Å². The highest BCUT2D eigenvalue weighted by atomic mass is 16.1. The van der Waals surface area contributed by atoms with Gasteiger partial charge in [-0.2, -0.15) is 0 Å². The van der Waals surface area contributed by atoms with Crippen molar-refractivity contribution in [3.63, 3.8) is 0 Å². The molecule has 0 radical (unpaired) electrons. The summed E-state index contributed by atoms with van der Waals surface area (Å²) in [6, 6.07) is 0. The minimum atomic E-state index is -0.344. The Bertz CT molecular complexity index is 171. The maximum Gasteiger partial charge on any atom is 0.152 e. The predicted octanol–water partition coefficient (Wildman–Crippen LogP) is 1.86. The Labute approximate surface area is 75.3 Å². The first-order chi connectivity index (χ1) is 5.42. The third-order valence-corrected chi connectivity index (χ3v) is 2.38. The molecule has 2 nitrogen and oxygen atoms in total. The average Bonchev–Trinajstić information content (AvgIpc) is 1.99. The fourth-order valence-electron chi connectivity index (χ4n) is 0.788. The van der Waals surface area contributed by atoms with Crippen LogP contribution in [0.15, 0.2) is 12.7 Å². The van der Waals surface area contributed by atoms with Gasteiger partial charge in [0.15, 0.2) is 5.78 Å². The number of nitrogens with zero attached hydrogens (tertiary/aromatic N) is 1. The second kappa shape index (κ2) is 4.41. The van der Waals surface area contributed by atoms with E-state index in [1.807, 2.05) is 32.8 Å². The highest BCUT2D eigenvalue weighted by molar-refractivity contribution is 5.87. The molecule has 0 unspecified atom stereocenters. The quantitative estimate of drug-likeness (QED) is 0.585. The maximum absolute atomic E-state index is 11.6. The molecule has 12 heavy (non-hydrogen) atoms. The second-order valence-electron chi connectivity index (χ2n) is 3.70. The van der Waals surface area contributed by atoms with Gasteiger partial charge in [0, 0.05) is 6.42 Å². The molecule has 0 heterocycles. The zero-order valence-electron chi connectivity index (χ0n) is 8.55. The van der Waals surface area contributed by atoms with E-state index in [0.717, 1.165) is 6.42 Å². The molecule has 0 rings (SSSR count). The lowest BCUT2D eigenvalue weighted by Crippen LogP contribution is -2.45. The molecule has 0 saturated heterocycles. The Morgan fingerprint density at radius 3 is 2.33 bits per heavy atom. The van der Waals surface area contributed by atoms with Crippen LogP contribution in [0.5, 0.6) is 0 Å². The van der Waals surface area contributed by atoms with Gasteiger partial charge in [0.05, 0.1) is 5.54 Å². The molecular formula is C10H19NO. The van der Waals surface area contributed by atoms with Crippen molar-refractivity contribution in [2.24, 2.45) is 0 Å². The monoisotopic (exact) mass is 169 g/mol. The van der Waals surface area contributed by atoms with Crippen LogP contribution in [0.2, 0.25) is 0 Å². The summed E-state index contributed by atoms with van der Waals surface area (Å²) >= 11 is 0. The van der Waals surface area contributed by atoms with Crippen LogP contribution < -0.4 is 0 Å². The first-order valence-corrected chi connectivity index (χ1v) is 4.24. The van der Waals surface area contributed by atoms with Gasteiger partial charge >= 0.3 is 0 Å². The molecule has 0 N–H and O–H groups in total.